The van der Waals surface area contributed by atoms with E-state index < -0.39 is 6.04 Å². The maximum absolute atomic E-state index is 13.6. The summed E-state index contributed by atoms with van der Waals surface area (Å²) in [7, 11) is 3.89. The van der Waals surface area contributed by atoms with Gasteiger partial charge in [0.05, 0.1) is 15.2 Å². The van der Waals surface area contributed by atoms with Crippen LogP contribution in [0, 0.1) is 5.92 Å². The zero-order valence-corrected chi connectivity index (χ0v) is 24.0. The van der Waals surface area contributed by atoms with Crippen LogP contribution >= 0.6 is 11.3 Å². The van der Waals surface area contributed by atoms with E-state index in [0.29, 0.717) is 25.9 Å². The predicted molar refractivity (Wildman–Crippen MR) is 154 cm³/mol. The van der Waals surface area contributed by atoms with Crippen molar-refractivity contribution in [3.63, 3.8) is 0 Å². The van der Waals surface area contributed by atoms with E-state index in [-0.39, 0.29) is 29.7 Å². The molecule has 1 aromatic heterocycles. The number of hydrogen-bond donors (Lipinski definition) is 3. The van der Waals surface area contributed by atoms with Crippen molar-refractivity contribution in [2.45, 2.75) is 77.3 Å². The summed E-state index contributed by atoms with van der Waals surface area (Å²) in [5.41, 5.74) is 2.16. The minimum atomic E-state index is -0.726. The lowest BCUT2D eigenvalue weighted by Crippen LogP contribution is -2.55. The molecule has 2 aromatic rings. The summed E-state index contributed by atoms with van der Waals surface area (Å²) in [5, 5.41) is 9.89. The molecule has 1 aliphatic rings. The van der Waals surface area contributed by atoms with Crippen LogP contribution in [0.25, 0.3) is 10.2 Å². The van der Waals surface area contributed by atoms with E-state index in [9.17, 15) is 14.4 Å². The molecule has 1 heterocycles. The lowest BCUT2D eigenvalue weighted by Gasteiger charge is -2.32. The number of hydrogen-bond acceptors (Lipinski definition) is 6. The van der Waals surface area contributed by atoms with E-state index in [1.54, 1.807) is 24.3 Å². The van der Waals surface area contributed by atoms with Gasteiger partial charge in [0, 0.05) is 38.0 Å². The van der Waals surface area contributed by atoms with Gasteiger partial charge in [-0.05, 0) is 57.0 Å². The second kappa shape index (κ2) is 15.0. The van der Waals surface area contributed by atoms with Gasteiger partial charge in [0.25, 0.3) is 0 Å². The van der Waals surface area contributed by atoms with E-state index in [0.717, 1.165) is 47.3 Å². The van der Waals surface area contributed by atoms with Crippen molar-refractivity contribution in [2.75, 3.05) is 27.2 Å². The molecule has 0 aliphatic heterocycles. The number of nitrogens with zero attached hydrogens (tertiary/aromatic N) is 2. The van der Waals surface area contributed by atoms with Crippen molar-refractivity contribution >= 4 is 39.3 Å². The highest BCUT2D eigenvalue weighted by Gasteiger charge is 2.29. The fourth-order valence-corrected chi connectivity index (χ4v) is 5.88. The third kappa shape index (κ3) is 9.20. The zero-order chi connectivity index (χ0) is 27.5. The van der Waals surface area contributed by atoms with Gasteiger partial charge in [-0.3, -0.25) is 14.4 Å². The highest BCUT2D eigenvalue weighted by atomic mass is 32.1. The van der Waals surface area contributed by atoms with Gasteiger partial charge in [0.15, 0.2) is 0 Å². The Labute approximate surface area is 230 Å². The summed E-state index contributed by atoms with van der Waals surface area (Å²) in [5.74, 6) is -0.281. The van der Waals surface area contributed by atoms with E-state index in [1.165, 1.54) is 12.0 Å². The Bertz CT molecular complexity index is 1110. The molecular formula is C29H43N5O3S. The number of thiazole rings is 1. The summed E-state index contributed by atoms with van der Waals surface area (Å²) < 4.78 is 1.09. The molecule has 9 heteroatoms. The van der Waals surface area contributed by atoms with Gasteiger partial charge in [-0.2, -0.15) is 0 Å². The van der Waals surface area contributed by atoms with Gasteiger partial charge in [-0.15, -0.1) is 11.3 Å². The van der Waals surface area contributed by atoms with Crippen LogP contribution in [0.2, 0.25) is 0 Å². The molecule has 1 aromatic carbocycles. The second-order valence-electron chi connectivity index (χ2n) is 10.4. The average molecular weight is 542 g/mol. The smallest absolute Gasteiger partial charge is 0.243 e. The SMILES string of the molecule is CCC(=O)N[C@@H](Cc1nc2ccc(CC)cc2s1)C(=O)N[C@H](CNC(=O)/C=C/CN(C)C)C1CCCCC1. The van der Waals surface area contributed by atoms with E-state index in [4.69, 9.17) is 4.98 Å². The van der Waals surface area contributed by atoms with Crippen molar-refractivity contribution in [3.8, 4) is 0 Å². The Morgan fingerprint density at radius 2 is 1.89 bits per heavy atom. The first kappa shape index (κ1) is 29.8. The van der Waals surface area contributed by atoms with Crippen LogP contribution in [0.1, 0.15) is 62.9 Å². The quantitative estimate of drug-likeness (QED) is 0.336. The Morgan fingerprint density at radius 3 is 2.58 bits per heavy atom. The molecule has 2 atom stereocenters. The topological polar surface area (TPSA) is 103 Å². The zero-order valence-electron chi connectivity index (χ0n) is 23.2. The number of nitrogens with one attached hydrogen (secondary N) is 3. The Hall–Kier alpha value is -2.78. The molecule has 1 saturated carbocycles. The van der Waals surface area contributed by atoms with Crippen LogP contribution in [0.5, 0.6) is 0 Å². The molecule has 3 N–H and O–H groups in total. The fourth-order valence-electron chi connectivity index (χ4n) is 4.80. The van der Waals surface area contributed by atoms with Crippen molar-refractivity contribution < 1.29 is 14.4 Å². The number of rotatable bonds is 13. The lowest BCUT2D eigenvalue weighted by atomic mass is 9.83. The first-order chi connectivity index (χ1) is 18.3. The number of likely N-dealkylation sites (N-methyl/N-ethyl adjacent to an activating group) is 1. The van der Waals surface area contributed by atoms with Crippen LogP contribution in [0.4, 0.5) is 0 Å². The molecule has 0 unspecified atom stereocenters. The largest absolute Gasteiger partial charge is 0.350 e. The molecule has 8 nitrogen and oxygen atoms in total. The maximum Gasteiger partial charge on any atom is 0.243 e. The van der Waals surface area contributed by atoms with Crippen LogP contribution in [-0.4, -0.2) is 66.9 Å². The van der Waals surface area contributed by atoms with Crippen molar-refractivity contribution in [3.05, 3.63) is 40.9 Å². The van der Waals surface area contributed by atoms with Gasteiger partial charge >= 0.3 is 0 Å². The highest BCUT2D eigenvalue weighted by molar-refractivity contribution is 7.18. The predicted octanol–water partition coefficient (Wildman–Crippen LogP) is 3.60. The second-order valence-corrected chi connectivity index (χ2v) is 11.5. The fraction of sp³-hybridized carbons (Fsp3) is 0.586. The first-order valence-corrected chi connectivity index (χ1v) is 14.7. The number of fused-ring (bicyclic) bond motifs is 1. The number of aryl methyl sites for hydroxylation is 1. The average Bonchev–Trinajstić information content (AvgIpc) is 3.32. The molecule has 208 valence electrons. The molecule has 3 rings (SSSR count). The van der Waals surface area contributed by atoms with E-state index >= 15 is 0 Å². The minimum Gasteiger partial charge on any atom is -0.350 e. The molecule has 0 spiro atoms. The van der Waals surface area contributed by atoms with Crippen molar-refractivity contribution in [2.24, 2.45) is 5.92 Å². The van der Waals surface area contributed by atoms with Crippen LogP contribution in [0.15, 0.2) is 30.4 Å². The number of carbonyl (C=O) groups is 3. The van der Waals surface area contributed by atoms with Gasteiger partial charge in [0.2, 0.25) is 17.7 Å². The standard InChI is InChI=1S/C29H43N5O3S/c1-5-20-14-15-22-25(17-20)38-28(32-22)18-23(31-26(35)6-2)29(37)33-24(21-11-8-7-9-12-21)19-30-27(36)13-10-16-34(3)4/h10,13-15,17,21,23-24H,5-9,11-12,16,18-19H2,1-4H3,(H,30,36)(H,31,35)(H,33,37)/b13-10+/t23-,24+/m0/s1. The minimum absolute atomic E-state index is 0.168. The molecule has 3 amide bonds. The summed E-state index contributed by atoms with van der Waals surface area (Å²) >= 11 is 1.57. The number of benzene rings is 1. The van der Waals surface area contributed by atoms with Crippen molar-refractivity contribution in [1.82, 2.24) is 25.8 Å². The molecule has 38 heavy (non-hydrogen) atoms. The Morgan fingerprint density at radius 1 is 1.13 bits per heavy atom. The van der Waals surface area contributed by atoms with Gasteiger partial charge in [-0.25, -0.2) is 4.98 Å². The highest BCUT2D eigenvalue weighted by Crippen LogP contribution is 2.27. The van der Waals surface area contributed by atoms with Crippen molar-refractivity contribution in [1.29, 1.82) is 0 Å². The third-order valence-electron chi connectivity index (χ3n) is 7.04. The number of amides is 3. The van der Waals surface area contributed by atoms with Crippen LogP contribution in [0.3, 0.4) is 0 Å². The van der Waals surface area contributed by atoms with Crippen LogP contribution < -0.4 is 16.0 Å². The molecule has 1 aliphatic carbocycles. The summed E-state index contributed by atoms with van der Waals surface area (Å²) in [6.07, 6.45) is 10.4. The van der Waals surface area contributed by atoms with Gasteiger partial charge in [0.1, 0.15) is 6.04 Å². The summed E-state index contributed by atoms with van der Waals surface area (Å²) in [4.78, 5) is 45.0. The van der Waals surface area contributed by atoms with Crippen LogP contribution in [-0.2, 0) is 27.2 Å². The monoisotopic (exact) mass is 541 g/mol. The van der Waals surface area contributed by atoms with E-state index in [2.05, 4.69) is 35.0 Å². The molecular weight excluding hydrogens is 498 g/mol. The summed E-state index contributed by atoms with van der Waals surface area (Å²) in [6.45, 7) is 4.94. The normalized spacial score (nSPS) is 16.0. The Balaban J connectivity index is 1.73. The van der Waals surface area contributed by atoms with Gasteiger partial charge in [-0.1, -0.05) is 45.3 Å². The molecule has 0 radical (unpaired) electrons. The number of carbonyl (C=O) groups excluding carboxylic acids is 3. The van der Waals surface area contributed by atoms with E-state index in [1.807, 2.05) is 31.1 Å². The number of aromatic nitrogens is 1. The Kier molecular flexibility index (Phi) is 11.7. The van der Waals surface area contributed by atoms with Gasteiger partial charge < -0.3 is 20.9 Å². The third-order valence-corrected chi connectivity index (χ3v) is 8.08. The molecule has 0 bridgehead atoms. The lowest BCUT2D eigenvalue weighted by molar-refractivity contribution is -0.129. The summed E-state index contributed by atoms with van der Waals surface area (Å²) in [6, 6.07) is 5.31. The maximum atomic E-state index is 13.6. The molecule has 1 fully saturated rings. The molecule has 0 saturated heterocycles. The first-order valence-electron chi connectivity index (χ1n) is 13.9.